The van der Waals surface area contributed by atoms with Crippen molar-refractivity contribution >= 4 is 18.3 Å². The molecule has 0 aromatic heterocycles. The molecule has 0 radical (unpaired) electrons. The van der Waals surface area contributed by atoms with Crippen LogP contribution in [-0.2, 0) is 10.0 Å². The van der Waals surface area contributed by atoms with Gasteiger partial charge in [0.05, 0.1) is 4.90 Å². The number of likely N-dealkylation sites (tertiary alicyclic amines) is 1. The van der Waals surface area contributed by atoms with Crippen molar-refractivity contribution in [1.82, 2.24) is 9.29 Å². The highest BCUT2D eigenvalue weighted by Gasteiger charge is 2.39. The highest BCUT2D eigenvalue weighted by atomic mass is 32.2. The Bertz CT molecular complexity index is 648. The summed E-state index contributed by atoms with van der Waals surface area (Å²) >= 11 is 0. The normalized spacial score (nSPS) is 20.9. The smallest absolute Gasteiger partial charge is 0.234 e. The summed E-state index contributed by atoms with van der Waals surface area (Å²) in [6.45, 7) is 11.5. The predicted molar refractivity (Wildman–Crippen MR) is 98.6 cm³/mol. The summed E-state index contributed by atoms with van der Waals surface area (Å²) in [5.74, 6) is 0. The molecule has 1 N–H and O–H groups in total. The maximum absolute atomic E-state index is 12.7. The van der Waals surface area contributed by atoms with Crippen LogP contribution in [-0.4, -0.2) is 35.1 Å². The molecule has 1 aromatic carbocycles. The summed E-state index contributed by atoms with van der Waals surface area (Å²) < 4.78 is 28.4. The van der Waals surface area contributed by atoms with Crippen molar-refractivity contribution in [3.63, 3.8) is 0 Å². The van der Waals surface area contributed by atoms with Crippen molar-refractivity contribution < 1.29 is 8.42 Å². The molecule has 1 heterocycles. The minimum absolute atomic E-state index is 0.0351. The van der Waals surface area contributed by atoms with E-state index in [2.05, 4.69) is 50.2 Å². The van der Waals surface area contributed by atoms with Gasteiger partial charge in [0.2, 0.25) is 10.0 Å². The SMILES string of the molecule is CN1CCCC1c1ccc(S(=O)(=O)N[Si](C)(C)C(C)(C)C)cc1. The van der Waals surface area contributed by atoms with Gasteiger partial charge in [-0.2, -0.15) is 0 Å². The lowest BCUT2D eigenvalue weighted by molar-refractivity contribution is 0.317. The van der Waals surface area contributed by atoms with E-state index in [0.717, 1.165) is 13.0 Å². The molecular formula is C17H30N2O2SSi. The Kier molecular flexibility index (Phi) is 5.12. The van der Waals surface area contributed by atoms with Gasteiger partial charge in [-0.1, -0.05) is 46.0 Å². The van der Waals surface area contributed by atoms with Crippen molar-refractivity contribution in [2.45, 2.75) is 62.7 Å². The minimum Gasteiger partial charge on any atom is -0.299 e. The van der Waals surface area contributed by atoms with Crippen molar-refractivity contribution in [3.8, 4) is 0 Å². The monoisotopic (exact) mass is 354 g/mol. The van der Waals surface area contributed by atoms with Gasteiger partial charge >= 0.3 is 0 Å². The number of nitrogens with zero attached hydrogens (tertiary/aromatic N) is 1. The van der Waals surface area contributed by atoms with E-state index >= 15 is 0 Å². The third-order valence-electron chi connectivity index (χ3n) is 5.36. The van der Waals surface area contributed by atoms with Crippen molar-refractivity contribution in [2.24, 2.45) is 0 Å². The standard InChI is InChI=1S/C17H30N2O2SSi/c1-17(2,3)23(5,6)18-22(20,21)15-11-9-14(10-12-15)16-8-7-13-19(16)4/h9-12,16,18H,7-8,13H2,1-6H3. The van der Waals surface area contributed by atoms with Gasteiger partial charge in [-0.3, -0.25) is 4.90 Å². The number of nitrogens with one attached hydrogen (secondary N) is 1. The van der Waals surface area contributed by atoms with Gasteiger partial charge in [0, 0.05) is 6.04 Å². The topological polar surface area (TPSA) is 49.4 Å². The average Bonchev–Trinajstić information content (AvgIpc) is 2.82. The van der Waals surface area contributed by atoms with Gasteiger partial charge < -0.3 is 0 Å². The Morgan fingerprint density at radius 1 is 1.17 bits per heavy atom. The van der Waals surface area contributed by atoms with E-state index in [1.54, 1.807) is 12.1 Å². The molecule has 130 valence electrons. The zero-order valence-electron chi connectivity index (χ0n) is 15.2. The van der Waals surface area contributed by atoms with Gasteiger partial charge in [0.15, 0.2) is 0 Å². The fourth-order valence-electron chi connectivity index (χ4n) is 2.75. The maximum atomic E-state index is 12.7. The van der Waals surface area contributed by atoms with Gasteiger partial charge in [0.25, 0.3) is 0 Å². The zero-order chi connectivity index (χ0) is 17.5. The van der Waals surface area contributed by atoms with Crippen LogP contribution in [0.1, 0.15) is 45.2 Å². The van der Waals surface area contributed by atoms with Crippen molar-refractivity contribution in [2.75, 3.05) is 13.6 Å². The lowest BCUT2D eigenvalue weighted by Crippen LogP contribution is -2.54. The lowest BCUT2D eigenvalue weighted by atomic mass is 10.1. The van der Waals surface area contributed by atoms with Crippen LogP contribution in [0.25, 0.3) is 0 Å². The molecule has 0 saturated carbocycles. The van der Waals surface area contributed by atoms with Crippen LogP contribution >= 0.6 is 0 Å². The molecule has 1 aromatic rings. The Labute approximate surface area is 142 Å². The third-order valence-corrected chi connectivity index (χ3v) is 13.1. The first-order valence-electron chi connectivity index (χ1n) is 8.28. The van der Waals surface area contributed by atoms with Crippen molar-refractivity contribution in [3.05, 3.63) is 29.8 Å². The van der Waals surface area contributed by atoms with E-state index in [9.17, 15) is 8.42 Å². The van der Waals surface area contributed by atoms with Crippen LogP contribution in [0.2, 0.25) is 18.1 Å². The molecule has 0 amide bonds. The van der Waals surface area contributed by atoms with Crippen LogP contribution in [0.3, 0.4) is 0 Å². The minimum atomic E-state index is -3.46. The summed E-state index contributed by atoms with van der Waals surface area (Å²) in [4.78, 5) is 2.70. The van der Waals surface area contributed by atoms with E-state index in [1.165, 1.54) is 12.0 Å². The van der Waals surface area contributed by atoms with E-state index in [1.807, 2.05) is 12.1 Å². The van der Waals surface area contributed by atoms with E-state index < -0.39 is 18.3 Å². The summed E-state index contributed by atoms with van der Waals surface area (Å²) in [5, 5.41) is -0.0351. The second-order valence-corrected chi connectivity index (χ2v) is 15.2. The first-order valence-corrected chi connectivity index (χ1v) is 12.8. The zero-order valence-corrected chi connectivity index (χ0v) is 17.0. The quantitative estimate of drug-likeness (QED) is 0.838. The summed E-state index contributed by atoms with van der Waals surface area (Å²) in [5.41, 5.74) is 1.20. The van der Waals surface area contributed by atoms with Crippen LogP contribution in [0.15, 0.2) is 29.2 Å². The molecule has 0 aliphatic carbocycles. The third kappa shape index (κ3) is 4.05. The molecule has 1 atom stereocenters. The molecule has 4 nitrogen and oxygen atoms in total. The lowest BCUT2D eigenvalue weighted by Gasteiger charge is -2.36. The molecular weight excluding hydrogens is 324 g/mol. The Morgan fingerprint density at radius 2 is 1.74 bits per heavy atom. The Hall–Kier alpha value is -0.693. The van der Waals surface area contributed by atoms with Crippen LogP contribution < -0.4 is 4.39 Å². The molecule has 1 aliphatic rings. The summed E-state index contributed by atoms with van der Waals surface area (Å²) in [6, 6.07) is 7.84. The highest BCUT2D eigenvalue weighted by molar-refractivity contribution is 7.91. The second kappa shape index (κ2) is 6.31. The maximum Gasteiger partial charge on any atom is 0.234 e. The number of rotatable bonds is 4. The molecule has 2 rings (SSSR count). The largest absolute Gasteiger partial charge is 0.299 e. The molecule has 1 aliphatic heterocycles. The van der Waals surface area contributed by atoms with Crippen LogP contribution in [0, 0.1) is 0 Å². The Balaban J connectivity index is 2.21. The van der Waals surface area contributed by atoms with Gasteiger partial charge in [-0.15, -0.1) is 0 Å². The predicted octanol–water partition coefficient (Wildman–Crippen LogP) is 3.74. The van der Waals surface area contributed by atoms with E-state index in [0.29, 0.717) is 10.9 Å². The van der Waals surface area contributed by atoms with Gasteiger partial charge in [-0.25, -0.2) is 12.8 Å². The molecule has 0 bridgehead atoms. The van der Waals surface area contributed by atoms with Crippen molar-refractivity contribution in [1.29, 1.82) is 0 Å². The second-order valence-electron chi connectivity index (χ2n) is 8.19. The number of hydrogen-bond donors (Lipinski definition) is 1. The summed E-state index contributed by atoms with van der Waals surface area (Å²) in [6.07, 6.45) is 2.35. The van der Waals surface area contributed by atoms with Crippen LogP contribution in [0.5, 0.6) is 0 Å². The number of sulfonamides is 1. The summed E-state index contributed by atoms with van der Waals surface area (Å²) in [7, 11) is -3.45. The van der Waals surface area contributed by atoms with E-state index in [-0.39, 0.29) is 5.04 Å². The fourth-order valence-corrected chi connectivity index (χ4v) is 7.63. The Morgan fingerprint density at radius 3 is 2.17 bits per heavy atom. The molecule has 1 fully saturated rings. The van der Waals surface area contributed by atoms with E-state index in [4.69, 9.17) is 0 Å². The molecule has 1 unspecified atom stereocenters. The molecule has 0 spiro atoms. The van der Waals surface area contributed by atoms with Gasteiger partial charge in [0.1, 0.15) is 8.24 Å². The first kappa shape index (κ1) is 18.6. The highest BCUT2D eigenvalue weighted by Crippen LogP contribution is 2.35. The van der Waals surface area contributed by atoms with Gasteiger partial charge in [-0.05, 0) is 49.2 Å². The molecule has 23 heavy (non-hydrogen) atoms. The molecule has 6 heteroatoms. The molecule has 1 saturated heterocycles. The van der Waals surface area contributed by atoms with Crippen LogP contribution in [0.4, 0.5) is 0 Å². The first-order chi connectivity index (χ1) is 10.4. The number of hydrogen-bond acceptors (Lipinski definition) is 3. The number of benzene rings is 1. The fraction of sp³-hybridized carbons (Fsp3) is 0.647. The average molecular weight is 355 g/mol.